The van der Waals surface area contributed by atoms with E-state index < -0.39 is 0 Å². The van der Waals surface area contributed by atoms with Crippen LogP contribution in [0.4, 0.5) is 17.1 Å². The number of anilines is 3. The van der Waals surface area contributed by atoms with Crippen LogP contribution in [0.5, 0.6) is 0 Å². The molecule has 148 valence electrons. The van der Waals surface area contributed by atoms with E-state index in [9.17, 15) is 0 Å². The zero-order valence-electron chi connectivity index (χ0n) is 17.7. The fourth-order valence-corrected chi connectivity index (χ4v) is 4.65. The molecule has 0 fully saturated rings. The molecule has 0 saturated carbocycles. The van der Waals surface area contributed by atoms with E-state index in [0.29, 0.717) is 0 Å². The van der Waals surface area contributed by atoms with E-state index in [1.165, 1.54) is 56.9 Å². The molecule has 0 amide bonds. The lowest BCUT2D eigenvalue weighted by atomic mass is 9.93. The van der Waals surface area contributed by atoms with Gasteiger partial charge in [-0.25, -0.2) is 0 Å². The van der Waals surface area contributed by atoms with Crippen molar-refractivity contribution in [3.05, 3.63) is 113 Å². The molecule has 1 aliphatic heterocycles. The zero-order valence-corrected chi connectivity index (χ0v) is 17.7. The summed E-state index contributed by atoms with van der Waals surface area (Å²) in [7, 11) is 0. The maximum Gasteiger partial charge on any atom is 0.0540 e. The van der Waals surface area contributed by atoms with Crippen LogP contribution in [0.2, 0.25) is 0 Å². The van der Waals surface area contributed by atoms with Crippen LogP contribution in [0.25, 0.3) is 11.1 Å². The SMILES string of the molecule is Cc1ccc2c(c1)CCCc1cc(C)ccc1N2c1ccccc1-c1ccccc1. The number of hydrogen-bond acceptors (Lipinski definition) is 1. The van der Waals surface area contributed by atoms with Gasteiger partial charge in [-0.2, -0.15) is 0 Å². The summed E-state index contributed by atoms with van der Waals surface area (Å²) in [4.78, 5) is 2.49. The number of aryl methyl sites for hydroxylation is 4. The molecular weight excluding hydrogens is 362 g/mol. The summed E-state index contributed by atoms with van der Waals surface area (Å²) in [6, 6.07) is 33.4. The van der Waals surface area contributed by atoms with Gasteiger partial charge >= 0.3 is 0 Å². The van der Waals surface area contributed by atoms with Gasteiger partial charge in [-0.15, -0.1) is 0 Å². The predicted octanol–water partition coefficient (Wildman–Crippen LogP) is 7.93. The molecule has 0 atom stereocenters. The molecule has 30 heavy (non-hydrogen) atoms. The van der Waals surface area contributed by atoms with Crippen molar-refractivity contribution in [1.82, 2.24) is 0 Å². The minimum atomic E-state index is 1.11. The molecule has 0 aliphatic carbocycles. The van der Waals surface area contributed by atoms with E-state index >= 15 is 0 Å². The third kappa shape index (κ3) is 3.41. The molecule has 1 heterocycles. The van der Waals surface area contributed by atoms with Gasteiger partial charge in [0.25, 0.3) is 0 Å². The maximum atomic E-state index is 2.49. The summed E-state index contributed by atoms with van der Waals surface area (Å²) >= 11 is 0. The Bertz CT molecular complexity index is 1140. The highest BCUT2D eigenvalue weighted by Gasteiger charge is 2.23. The lowest BCUT2D eigenvalue weighted by Crippen LogP contribution is -2.17. The monoisotopic (exact) mass is 389 g/mol. The smallest absolute Gasteiger partial charge is 0.0540 e. The van der Waals surface area contributed by atoms with E-state index in [2.05, 4.69) is 110 Å². The average Bonchev–Trinajstić information content (AvgIpc) is 2.76. The first kappa shape index (κ1) is 18.7. The van der Waals surface area contributed by atoms with Gasteiger partial charge in [0.05, 0.1) is 5.69 Å². The van der Waals surface area contributed by atoms with E-state index in [-0.39, 0.29) is 0 Å². The summed E-state index contributed by atoms with van der Waals surface area (Å²) in [6.45, 7) is 4.39. The molecule has 1 aliphatic rings. The third-order valence-corrected chi connectivity index (χ3v) is 6.07. The Hall–Kier alpha value is -3.32. The van der Waals surface area contributed by atoms with Crippen molar-refractivity contribution in [3.8, 4) is 11.1 Å². The Kier molecular flexibility index (Phi) is 4.88. The molecule has 5 rings (SSSR count). The van der Waals surface area contributed by atoms with Gasteiger partial charge in [0.15, 0.2) is 0 Å². The Morgan fingerprint density at radius 3 is 1.77 bits per heavy atom. The first-order chi connectivity index (χ1) is 14.7. The van der Waals surface area contributed by atoms with Crippen molar-refractivity contribution in [1.29, 1.82) is 0 Å². The van der Waals surface area contributed by atoms with E-state index in [1.807, 2.05) is 0 Å². The molecule has 0 aromatic heterocycles. The molecule has 0 N–H and O–H groups in total. The fraction of sp³-hybridized carbons (Fsp3) is 0.172. The van der Waals surface area contributed by atoms with Gasteiger partial charge in [0.1, 0.15) is 0 Å². The number of hydrogen-bond donors (Lipinski definition) is 0. The Morgan fingerprint density at radius 1 is 0.567 bits per heavy atom. The highest BCUT2D eigenvalue weighted by atomic mass is 15.1. The molecule has 0 radical (unpaired) electrons. The first-order valence-corrected chi connectivity index (χ1v) is 10.8. The second-order valence-electron chi connectivity index (χ2n) is 8.34. The molecule has 4 aromatic carbocycles. The van der Waals surface area contributed by atoms with Crippen LogP contribution in [-0.4, -0.2) is 0 Å². The molecule has 4 aromatic rings. The van der Waals surface area contributed by atoms with Gasteiger partial charge < -0.3 is 4.90 Å². The summed E-state index contributed by atoms with van der Waals surface area (Å²) < 4.78 is 0. The van der Waals surface area contributed by atoms with Crippen LogP contribution >= 0.6 is 0 Å². The largest absolute Gasteiger partial charge is 0.309 e. The minimum absolute atomic E-state index is 1.11. The van der Waals surface area contributed by atoms with Crippen molar-refractivity contribution in [2.75, 3.05) is 4.90 Å². The van der Waals surface area contributed by atoms with Crippen LogP contribution in [0.15, 0.2) is 91.0 Å². The van der Waals surface area contributed by atoms with Crippen LogP contribution in [0.1, 0.15) is 28.7 Å². The van der Waals surface area contributed by atoms with Crippen LogP contribution in [0.3, 0.4) is 0 Å². The quantitative estimate of drug-likeness (QED) is 0.336. The molecule has 1 heteroatoms. The van der Waals surface area contributed by atoms with Crippen LogP contribution < -0.4 is 4.90 Å². The number of nitrogens with zero attached hydrogens (tertiary/aromatic N) is 1. The lowest BCUT2D eigenvalue weighted by molar-refractivity contribution is 0.808. The minimum Gasteiger partial charge on any atom is -0.309 e. The second kappa shape index (κ2) is 7.84. The molecule has 0 unspecified atom stereocenters. The fourth-order valence-electron chi connectivity index (χ4n) is 4.65. The molecule has 0 spiro atoms. The normalized spacial score (nSPS) is 13.2. The van der Waals surface area contributed by atoms with Crippen molar-refractivity contribution >= 4 is 17.1 Å². The van der Waals surface area contributed by atoms with Gasteiger partial charge in [-0.05, 0) is 68.0 Å². The summed E-state index contributed by atoms with van der Waals surface area (Å²) in [5.41, 5.74) is 11.9. The summed E-state index contributed by atoms with van der Waals surface area (Å²) in [5, 5.41) is 0. The number of benzene rings is 4. The first-order valence-electron chi connectivity index (χ1n) is 10.8. The predicted molar refractivity (Wildman–Crippen MR) is 128 cm³/mol. The standard InChI is InChI=1S/C29H27N/c1-21-15-17-27-24(19-21)11-8-12-25-20-22(2)16-18-28(25)30(27)29-14-7-6-13-26(29)23-9-4-3-5-10-23/h3-7,9-10,13-20H,8,11-12H2,1-2H3. The number of rotatable bonds is 2. The van der Waals surface area contributed by atoms with E-state index in [1.54, 1.807) is 0 Å². The molecular formula is C29H27N. The van der Waals surface area contributed by atoms with E-state index in [4.69, 9.17) is 0 Å². The van der Waals surface area contributed by atoms with E-state index in [0.717, 1.165) is 12.8 Å². The highest BCUT2D eigenvalue weighted by molar-refractivity contribution is 5.90. The number of fused-ring (bicyclic) bond motifs is 2. The maximum absolute atomic E-state index is 2.49. The summed E-state index contributed by atoms with van der Waals surface area (Å²) in [5.74, 6) is 0. The van der Waals surface area contributed by atoms with Gasteiger partial charge in [-0.3, -0.25) is 0 Å². The summed E-state index contributed by atoms with van der Waals surface area (Å²) in [6.07, 6.45) is 3.39. The molecule has 0 bridgehead atoms. The number of para-hydroxylation sites is 1. The third-order valence-electron chi connectivity index (χ3n) is 6.07. The van der Waals surface area contributed by atoms with Crippen LogP contribution in [-0.2, 0) is 12.8 Å². The second-order valence-corrected chi connectivity index (χ2v) is 8.34. The highest BCUT2D eigenvalue weighted by Crippen LogP contribution is 2.45. The Balaban J connectivity index is 1.80. The van der Waals surface area contributed by atoms with Gasteiger partial charge in [-0.1, -0.05) is 83.9 Å². The topological polar surface area (TPSA) is 3.24 Å². The lowest BCUT2D eigenvalue weighted by Gasteiger charge is -2.33. The zero-order chi connectivity index (χ0) is 20.5. The molecule has 0 saturated heterocycles. The Labute approximate surface area is 179 Å². The van der Waals surface area contributed by atoms with Crippen molar-refractivity contribution in [3.63, 3.8) is 0 Å². The van der Waals surface area contributed by atoms with Crippen molar-refractivity contribution in [2.24, 2.45) is 0 Å². The van der Waals surface area contributed by atoms with Crippen molar-refractivity contribution < 1.29 is 0 Å². The molecule has 1 nitrogen and oxygen atoms in total. The Morgan fingerprint density at radius 2 is 1.13 bits per heavy atom. The van der Waals surface area contributed by atoms with Gasteiger partial charge in [0, 0.05) is 16.9 Å². The van der Waals surface area contributed by atoms with Crippen molar-refractivity contribution in [2.45, 2.75) is 33.1 Å². The average molecular weight is 390 g/mol. The van der Waals surface area contributed by atoms with Crippen LogP contribution in [0, 0.1) is 13.8 Å². The van der Waals surface area contributed by atoms with Gasteiger partial charge in [0.2, 0.25) is 0 Å².